The summed E-state index contributed by atoms with van der Waals surface area (Å²) in [7, 11) is 0. The van der Waals surface area contributed by atoms with Crippen LogP contribution in [0.4, 0.5) is 0 Å². The molecule has 0 aromatic heterocycles. The van der Waals surface area contributed by atoms with Gasteiger partial charge in [-0.15, -0.1) is 0 Å². The first-order valence-corrected chi connectivity index (χ1v) is 4.82. The molecule has 14 heavy (non-hydrogen) atoms. The molecule has 0 aromatic carbocycles. The molecule has 0 radical (unpaired) electrons. The second-order valence-corrected chi connectivity index (χ2v) is 2.71. The molecule has 0 fully saturated rings. The van der Waals surface area contributed by atoms with Gasteiger partial charge in [0, 0.05) is 17.1 Å². The summed E-state index contributed by atoms with van der Waals surface area (Å²) >= 11 is 0.0278. The van der Waals surface area contributed by atoms with Gasteiger partial charge in [-0.25, -0.2) is 0 Å². The van der Waals surface area contributed by atoms with E-state index in [1.807, 2.05) is 48.6 Å². The summed E-state index contributed by atoms with van der Waals surface area (Å²) in [4.78, 5) is 18.3. The van der Waals surface area contributed by atoms with Gasteiger partial charge in [-0.3, -0.25) is 0 Å². The quantitative estimate of drug-likeness (QED) is 0.567. The Hall–Kier alpha value is -0.661. The predicted octanol–water partition coefficient (Wildman–Crippen LogP) is 1.67. The summed E-state index contributed by atoms with van der Waals surface area (Å²) < 4.78 is 0. The zero-order chi connectivity index (χ0) is 9.78. The van der Waals surface area contributed by atoms with E-state index >= 15 is 0 Å². The SMILES string of the molecule is C1=CC=CC=CC=C1.O=[CH][Fe][CH]=O.[Fe]. The molecule has 0 bridgehead atoms. The van der Waals surface area contributed by atoms with Crippen LogP contribution in [0.1, 0.15) is 0 Å². The van der Waals surface area contributed by atoms with E-state index in [-0.39, 0.29) is 32.0 Å². The third-order valence-electron chi connectivity index (χ3n) is 0.985. The minimum Gasteiger partial charge on any atom is 0 e. The van der Waals surface area contributed by atoms with E-state index in [9.17, 15) is 9.59 Å². The summed E-state index contributed by atoms with van der Waals surface area (Å²) in [5.41, 5.74) is 0. The first-order chi connectivity index (χ1) is 6.41. The van der Waals surface area contributed by atoms with Crippen molar-refractivity contribution in [3.05, 3.63) is 48.6 Å². The Morgan fingerprint density at radius 2 is 0.857 bits per heavy atom. The van der Waals surface area contributed by atoms with Crippen molar-refractivity contribution in [1.82, 2.24) is 0 Å². The van der Waals surface area contributed by atoms with Crippen LogP contribution in [-0.4, -0.2) is 10.4 Å². The van der Waals surface area contributed by atoms with Crippen molar-refractivity contribution < 1.29 is 41.6 Å². The van der Waals surface area contributed by atoms with Crippen molar-refractivity contribution in [1.29, 1.82) is 0 Å². The second kappa shape index (κ2) is 14.8. The molecule has 1 aliphatic rings. The van der Waals surface area contributed by atoms with Gasteiger partial charge in [0.15, 0.2) is 0 Å². The topological polar surface area (TPSA) is 34.1 Å². The fourth-order valence-electron chi connectivity index (χ4n) is 0.533. The smallest absolute Gasteiger partial charge is 0 e. The molecule has 0 amide bonds. The molecule has 0 aliphatic heterocycles. The molecular formula is C10H10Fe2O2. The van der Waals surface area contributed by atoms with Crippen LogP contribution in [0.15, 0.2) is 48.6 Å². The molecule has 78 valence electrons. The van der Waals surface area contributed by atoms with E-state index in [1.165, 1.54) is 0 Å². The van der Waals surface area contributed by atoms with Crippen LogP contribution in [0.5, 0.6) is 0 Å². The van der Waals surface area contributed by atoms with Gasteiger partial charge in [-0.1, -0.05) is 48.6 Å². The minimum atomic E-state index is 0. The van der Waals surface area contributed by atoms with Crippen molar-refractivity contribution in [2.24, 2.45) is 0 Å². The fraction of sp³-hybridized carbons (Fsp3) is 0. The van der Waals surface area contributed by atoms with Crippen LogP contribution in [0.2, 0.25) is 0 Å². The van der Waals surface area contributed by atoms with Gasteiger partial charge < -0.3 is 0 Å². The van der Waals surface area contributed by atoms with E-state index in [4.69, 9.17) is 0 Å². The van der Waals surface area contributed by atoms with Crippen molar-refractivity contribution in [2.75, 3.05) is 0 Å². The summed E-state index contributed by atoms with van der Waals surface area (Å²) in [5.74, 6) is 0. The van der Waals surface area contributed by atoms with Gasteiger partial charge in [0.25, 0.3) is 0 Å². The maximum Gasteiger partial charge on any atom is 0 e. The summed E-state index contributed by atoms with van der Waals surface area (Å²) in [6.45, 7) is 0. The third-order valence-corrected chi connectivity index (χ3v) is 1.29. The number of carbonyl (C=O) groups is 2. The molecule has 0 atom stereocenters. The third kappa shape index (κ3) is 13.9. The Morgan fingerprint density at radius 3 is 0.929 bits per heavy atom. The van der Waals surface area contributed by atoms with E-state index in [2.05, 4.69) is 0 Å². The van der Waals surface area contributed by atoms with Crippen molar-refractivity contribution in [3.8, 4) is 0 Å². The molecule has 2 nitrogen and oxygen atoms in total. The molecule has 0 spiro atoms. The van der Waals surface area contributed by atoms with E-state index in [1.54, 1.807) is 0 Å². The number of carbonyl (C=O) groups excluding carboxylic acids is 2. The van der Waals surface area contributed by atoms with E-state index < -0.39 is 0 Å². The molecule has 0 heterocycles. The van der Waals surface area contributed by atoms with Crippen molar-refractivity contribution in [2.45, 2.75) is 0 Å². The van der Waals surface area contributed by atoms with Gasteiger partial charge >= 0.3 is 34.9 Å². The van der Waals surface area contributed by atoms with Crippen LogP contribution in [-0.2, 0) is 41.6 Å². The van der Waals surface area contributed by atoms with Crippen LogP contribution >= 0.6 is 0 Å². The fourth-order valence-corrected chi connectivity index (χ4v) is 0.594. The van der Waals surface area contributed by atoms with Crippen molar-refractivity contribution >= 4 is 10.4 Å². The zero-order valence-corrected chi connectivity index (χ0v) is 9.51. The summed E-state index contributed by atoms with van der Waals surface area (Å²) in [5, 5.41) is 1.12. The average molecular weight is 274 g/mol. The molecule has 0 aromatic rings. The van der Waals surface area contributed by atoms with Gasteiger partial charge in [0.2, 0.25) is 0 Å². The minimum absolute atomic E-state index is 0. The van der Waals surface area contributed by atoms with Gasteiger partial charge in [-0.2, -0.15) is 0 Å². The van der Waals surface area contributed by atoms with E-state index in [0.717, 1.165) is 0 Å². The summed E-state index contributed by atoms with van der Waals surface area (Å²) in [6.07, 6.45) is 16.0. The Balaban J connectivity index is 0. The molecular weight excluding hydrogens is 264 g/mol. The molecule has 0 N–H and O–H groups in total. The Kier molecular flexibility index (Phi) is 16.7. The Morgan fingerprint density at radius 1 is 0.643 bits per heavy atom. The monoisotopic (exact) mass is 274 g/mol. The number of rotatable bonds is 2. The number of hydrogen-bond donors (Lipinski definition) is 0. The van der Waals surface area contributed by atoms with Crippen LogP contribution < -0.4 is 0 Å². The largest absolute Gasteiger partial charge is 0 e. The first-order valence-electron chi connectivity index (χ1n) is 3.55. The zero-order valence-electron chi connectivity index (χ0n) is 7.30. The van der Waals surface area contributed by atoms with Crippen LogP contribution in [0.3, 0.4) is 0 Å². The standard InChI is InChI=1S/C8H8.2CHO.2Fe/c1-2-4-6-8-7-5-3-1;2*1-2;;/h1-8H;2*1H;;. The number of allylic oxidation sites excluding steroid dienone is 8. The maximum atomic E-state index is 9.17. The first kappa shape index (κ1) is 15.8. The maximum absolute atomic E-state index is 9.17. The number of hydrogen-bond acceptors (Lipinski definition) is 2. The van der Waals surface area contributed by atoms with Gasteiger partial charge in [0.05, 0.1) is 0 Å². The van der Waals surface area contributed by atoms with Crippen LogP contribution in [0, 0.1) is 0 Å². The summed E-state index contributed by atoms with van der Waals surface area (Å²) in [6, 6.07) is 0. The normalized spacial score (nSPS) is 11.7. The predicted molar refractivity (Wildman–Crippen MR) is 50.1 cm³/mol. The molecule has 0 unspecified atom stereocenters. The molecule has 0 saturated carbocycles. The average Bonchev–Trinajstić information content (AvgIpc) is 2.05. The van der Waals surface area contributed by atoms with Gasteiger partial charge in [-0.05, 0) is 0 Å². The molecule has 1 rings (SSSR count). The van der Waals surface area contributed by atoms with E-state index in [0.29, 0.717) is 10.4 Å². The Bertz CT molecular complexity index is 191. The molecule has 0 saturated heterocycles. The van der Waals surface area contributed by atoms with Crippen molar-refractivity contribution in [3.63, 3.8) is 0 Å². The molecule has 4 heteroatoms. The second-order valence-electron chi connectivity index (χ2n) is 1.82. The van der Waals surface area contributed by atoms with Gasteiger partial charge in [0.1, 0.15) is 0 Å². The molecule has 1 aliphatic carbocycles. The van der Waals surface area contributed by atoms with Crippen LogP contribution in [0.25, 0.3) is 0 Å². The Labute approximate surface area is 100 Å².